The van der Waals surface area contributed by atoms with Crippen LogP contribution in [0, 0.1) is 0 Å². The maximum atomic E-state index is 12.8. The Hall–Kier alpha value is -3.55. The first-order chi connectivity index (χ1) is 16.0. The number of ether oxygens (including phenoxy) is 1. The van der Waals surface area contributed by atoms with Crippen molar-refractivity contribution in [2.75, 3.05) is 44.4 Å². The highest BCUT2D eigenvalue weighted by atomic mass is 35.5. The fourth-order valence-corrected chi connectivity index (χ4v) is 3.40. The zero-order valence-corrected chi connectivity index (χ0v) is 20.3. The van der Waals surface area contributed by atoms with E-state index < -0.39 is 0 Å². The molecule has 0 unspecified atom stereocenters. The van der Waals surface area contributed by atoms with Gasteiger partial charge in [-0.15, -0.1) is 12.4 Å². The second-order valence-corrected chi connectivity index (χ2v) is 8.15. The summed E-state index contributed by atoms with van der Waals surface area (Å²) in [7, 11) is 6.08. The summed E-state index contributed by atoms with van der Waals surface area (Å²) in [4.78, 5) is 21.6. The van der Waals surface area contributed by atoms with E-state index in [-0.39, 0.29) is 18.3 Å². The summed E-state index contributed by atoms with van der Waals surface area (Å²) in [5.41, 5.74) is 2.53. The molecule has 1 heterocycles. The number of nitrogens with one attached hydrogen (secondary N) is 1. The predicted octanol–water partition coefficient (Wildman–Crippen LogP) is 5.68. The van der Waals surface area contributed by atoms with Crippen LogP contribution in [0.1, 0.15) is 16.8 Å². The Morgan fingerprint density at radius 1 is 0.941 bits per heavy atom. The van der Waals surface area contributed by atoms with E-state index in [0.717, 1.165) is 19.5 Å². The van der Waals surface area contributed by atoms with Crippen molar-refractivity contribution >= 4 is 41.1 Å². The van der Waals surface area contributed by atoms with E-state index in [0.29, 0.717) is 39.9 Å². The number of halogens is 1. The van der Waals surface area contributed by atoms with E-state index in [1.165, 1.54) is 0 Å². The number of oxazole rings is 1. The van der Waals surface area contributed by atoms with Crippen molar-refractivity contribution in [2.45, 2.75) is 6.42 Å². The Morgan fingerprint density at radius 3 is 2.47 bits per heavy atom. The molecule has 8 heteroatoms. The average Bonchev–Trinajstić information content (AvgIpc) is 3.23. The lowest BCUT2D eigenvalue weighted by Gasteiger charge is -2.15. The van der Waals surface area contributed by atoms with Gasteiger partial charge in [0.2, 0.25) is 0 Å². The molecule has 1 aromatic heterocycles. The molecule has 0 bridgehead atoms. The minimum absolute atomic E-state index is 0. The summed E-state index contributed by atoms with van der Waals surface area (Å²) >= 11 is 0. The minimum atomic E-state index is -0.225. The number of carbonyl (C=O) groups is 1. The normalized spacial score (nSPS) is 10.7. The van der Waals surface area contributed by atoms with Crippen molar-refractivity contribution < 1.29 is 13.9 Å². The highest BCUT2D eigenvalue weighted by molar-refractivity contribution is 6.05. The predicted molar refractivity (Wildman–Crippen MR) is 139 cm³/mol. The molecule has 0 saturated heterocycles. The SMILES string of the molecule is CN(C)CCCN(C)c1nc2cc(NC(=O)c3cccc(Oc4ccccc4)c3)ccc2o1.Cl. The van der Waals surface area contributed by atoms with E-state index >= 15 is 0 Å². The number of benzene rings is 3. The highest BCUT2D eigenvalue weighted by Gasteiger charge is 2.13. The lowest BCUT2D eigenvalue weighted by Crippen LogP contribution is -2.23. The van der Waals surface area contributed by atoms with Crippen LogP contribution in [0.5, 0.6) is 11.5 Å². The summed E-state index contributed by atoms with van der Waals surface area (Å²) < 4.78 is 11.7. The second kappa shape index (κ2) is 11.5. The van der Waals surface area contributed by atoms with Gasteiger partial charge in [0.05, 0.1) is 0 Å². The molecule has 0 saturated carbocycles. The molecule has 0 aliphatic carbocycles. The van der Waals surface area contributed by atoms with Gasteiger partial charge >= 0.3 is 0 Å². The molecule has 0 spiro atoms. The van der Waals surface area contributed by atoms with Gasteiger partial charge in [0.15, 0.2) is 5.58 Å². The Kier molecular flexibility index (Phi) is 8.51. The van der Waals surface area contributed by atoms with Crippen molar-refractivity contribution in [3.63, 3.8) is 0 Å². The van der Waals surface area contributed by atoms with Gasteiger partial charge in [-0.3, -0.25) is 4.79 Å². The van der Waals surface area contributed by atoms with E-state index in [4.69, 9.17) is 9.15 Å². The van der Waals surface area contributed by atoms with Crippen LogP contribution in [-0.4, -0.2) is 50.0 Å². The highest BCUT2D eigenvalue weighted by Crippen LogP contribution is 2.26. The lowest BCUT2D eigenvalue weighted by atomic mass is 10.2. The maximum absolute atomic E-state index is 12.8. The zero-order valence-electron chi connectivity index (χ0n) is 19.5. The molecule has 1 amide bonds. The largest absolute Gasteiger partial charge is 0.457 e. The van der Waals surface area contributed by atoms with Crippen LogP contribution in [0.25, 0.3) is 11.1 Å². The van der Waals surface area contributed by atoms with Gasteiger partial charge in [0.25, 0.3) is 11.9 Å². The Bertz CT molecular complexity index is 1230. The van der Waals surface area contributed by atoms with E-state index in [9.17, 15) is 4.79 Å². The van der Waals surface area contributed by atoms with Crippen molar-refractivity contribution in [3.8, 4) is 11.5 Å². The number of hydrogen-bond donors (Lipinski definition) is 1. The third-order valence-corrected chi connectivity index (χ3v) is 5.13. The molecule has 0 aliphatic rings. The van der Waals surface area contributed by atoms with Gasteiger partial charge in [-0.1, -0.05) is 24.3 Å². The first kappa shape index (κ1) is 25.1. The monoisotopic (exact) mass is 480 g/mol. The molecular formula is C26H29ClN4O3. The number of aromatic nitrogens is 1. The number of rotatable bonds is 9. The van der Waals surface area contributed by atoms with Gasteiger partial charge in [0.1, 0.15) is 17.0 Å². The topological polar surface area (TPSA) is 70.8 Å². The summed E-state index contributed by atoms with van der Waals surface area (Å²) in [5, 5.41) is 2.93. The van der Waals surface area contributed by atoms with Crippen molar-refractivity contribution in [1.82, 2.24) is 9.88 Å². The van der Waals surface area contributed by atoms with Crippen LogP contribution in [-0.2, 0) is 0 Å². The Labute approximate surface area is 205 Å². The van der Waals surface area contributed by atoms with Crippen LogP contribution < -0.4 is 15.0 Å². The smallest absolute Gasteiger partial charge is 0.298 e. The number of carbonyl (C=O) groups excluding carboxylic acids is 1. The van der Waals surface area contributed by atoms with E-state index in [1.54, 1.807) is 18.2 Å². The molecule has 3 aromatic carbocycles. The minimum Gasteiger partial charge on any atom is -0.457 e. The summed E-state index contributed by atoms with van der Waals surface area (Å²) in [5.74, 6) is 1.09. The molecule has 0 aliphatic heterocycles. The molecule has 0 fully saturated rings. The Balaban J connectivity index is 0.00000324. The fourth-order valence-electron chi connectivity index (χ4n) is 3.40. The van der Waals surface area contributed by atoms with Crippen LogP contribution >= 0.6 is 12.4 Å². The molecule has 34 heavy (non-hydrogen) atoms. The molecule has 1 N–H and O–H groups in total. The summed E-state index contributed by atoms with van der Waals surface area (Å²) in [6, 6.07) is 22.6. The zero-order chi connectivity index (χ0) is 23.2. The third kappa shape index (κ3) is 6.50. The standard InChI is InChI=1S/C26H28N4O3.ClH/c1-29(2)15-8-16-30(3)26-28-23-18-20(13-14-24(23)33-26)27-25(31)19-9-7-12-22(17-19)32-21-10-5-4-6-11-21;/h4-7,9-14,17-18H,8,15-16H2,1-3H3,(H,27,31);1H. The lowest BCUT2D eigenvalue weighted by molar-refractivity contribution is 0.102. The van der Waals surface area contributed by atoms with Crippen molar-refractivity contribution in [2.24, 2.45) is 0 Å². The van der Waals surface area contributed by atoms with Gasteiger partial charge < -0.3 is 24.3 Å². The molecule has 178 valence electrons. The molecule has 4 rings (SSSR count). The van der Waals surface area contributed by atoms with Crippen LogP contribution in [0.2, 0.25) is 0 Å². The van der Waals surface area contributed by atoms with Gasteiger partial charge in [0, 0.05) is 24.8 Å². The first-order valence-corrected chi connectivity index (χ1v) is 10.9. The van der Waals surface area contributed by atoms with Crippen molar-refractivity contribution in [1.29, 1.82) is 0 Å². The second-order valence-electron chi connectivity index (χ2n) is 8.15. The maximum Gasteiger partial charge on any atom is 0.298 e. The molecule has 0 atom stereocenters. The number of para-hydroxylation sites is 1. The first-order valence-electron chi connectivity index (χ1n) is 10.9. The summed E-state index contributed by atoms with van der Waals surface area (Å²) in [6.45, 7) is 1.84. The van der Waals surface area contributed by atoms with Crippen LogP contribution in [0.4, 0.5) is 11.7 Å². The molecule has 0 radical (unpaired) electrons. The number of anilines is 2. The van der Waals surface area contributed by atoms with Gasteiger partial charge in [-0.2, -0.15) is 4.98 Å². The van der Waals surface area contributed by atoms with Crippen molar-refractivity contribution in [3.05, 3.63) is 78.4 Å². The Morgan fingerprint density at radius 2 is 1.71 bits per heavy atom. The number of fused-ring (bicyclic) bond motifs is 1. The third-order valence-electron chi connectivity index (χ3n) is 5.13. The summed E-state index contributed by atoms with van der Waals surface area (Å²) in [6.07, 6.45) is 1.01. The number of amides is 1. The fraction of sp³-hybridized carbons (Fsp3) is 0.231. The number of nitrogens with zero attached hydrogens (tertiary/aromatic N) is 3. The van der Waals surface area contributed by atoms with Crippen LogP contribution in [0.15, 0.2) is 77.2 Å². The number of hydrogen-bond acceptors (Lipinski definition) is 6. The van der Waals surface area contributed by atoms with Crippen LogP contribution in [0.3, 0.4) is 0 Å². The van der Waals surface area contributed by atoms with E-state index in [1.807, 2.05) is 66.5 Å². The average molecular weight is 481 g/mol. The molecule has 7 nitrogen and oxygen atoms in total. The molecular weight excluding hydrogens is 452 g/mol. The van der Waals surface area contributed by atoms with Gasteiger partial charge in [-0.05, 0) is 75.6 Å². The quantitative estimate of drug-likeness (QED) is 0.332. The molecule has 4 aromatic rings. The van der Waals surface area contributed by atoms with E-state index in [2.05, 4.69) is 29.3 Å². The van der Waals surface area contributed by atoms with Gasteiger partial charge in [-0.25, -0.2) is 0 Å².